The van der Waals surface area contributed by atoms with E-state index in [1.807, 2.05) is 0 Å². The minimum atomic E-state index is -2.24. The van der Waals surface area contributed by atoms with Crippen molar-refractivity contribution in [3.8, 4) is 17.2 Å². The Morgan fingerprint density at radius 1 is 1.14 bits per heavy atom. The normalized spacial score (nSPS) is 26.2. The molecule has 9 N–H and O–H groups in total. The average molecular weight is 707 g/mol. The summed E-state index contributed by atoms with van der Waals surface area (Å²) in [5, 5.41) is 64.3. The molecule has 2 aliphatic carbocycles. The van der Waals surface area contributed by atoms with E-state index < -0.39 is 108 Å². The summed E-state index contributed by atoms with van der Waals surface area (Å²) in [5.41, 5.74) is 2.37. The van der Waals surface area contributed by atoms with Gasteiger partial charge < -0.3 is 55.9 Å². The number of aliphatic hydroxyl groups is 3. The van der Waals surface area contributed by atoms with Crippen LogP contribution in [0.5, 0.6) is 17.2 Å². The number of nitrogens with one attached hydrogen (secondary N) is 1. The fraction of sp³-hybridized carbons (Fsp3) is 0.469. The summed E-state index contributed by atoms with van der Waals surface area (Å²) in [6.45, 7) is 1.82. The molecular weight excluding hydrogens is 668 g/mol. The van der Waals surface area contributed by atoms with Gasteiger partial charge in [-0.15, -0.1) is 0 Å². The van der Waals surface area contributed by atoms with E-state index in [0.29, 0.717) is 0 Å². The number of aromatic hydroxyl groups is 2. The van der Waals surface area contributed by atoms with Crippen molar-refractivity contribution in [2.45, 2.75) is 75.4 Å². The Hall–Kier alpha value is -4.10. The molecule has 1 heterocycles. The van der Waals surface area contributed by atoms with Crippen LogP contribution in [-0.2, 0) is 30.3 Å². The molecule has 0 saturated carbocycles. The van der Waals surface area contributed by atoms with Crippen molar-refractivity contribution in [1.82, 2.24) is 5.32 Å². The van der Waals surface area contributed by atoms with Gasteiger partial charge in [0.2, 0.25) is 11.7 Å². The molecule has 17 heteroatoms. The van der Waals surface area contributed by atoms with Crippen LogP contribution < -0.4 is 15.8 Å². The maximum Gasteiger partial charge on any atom is 0.327 e. The van der Waals surface area contributed by atoms with Crippen molar-refractivity contribution in [2.75, 3.05) is 19.5 Å². The summed E-state index contributed by atoms with van der Waals surface area (Å²) >= 11 is 3.73. The predicted octanol–water partition coefficient (Wildman–Crippen LogP) is -0.493. The Bertz CT molecular complexity index is 1670. The summed E-state index contributed by atoms with van der Waals surface area (Å²) in [4.78, 5) is 60.3. The number of phenolic OH excluding ortho intramolecular Hbond substituents is 2. The van der Waals surface area contributed by atoms with Gasteiger partial charge in [0.15, 0.2) is 17.9 Å². The van der Waals surface area contributed by atoms with Gasteiger partial charge in [-0.2, -0.15) is 12.6 Å². The standard InChI is InChI=1S/C27H29NO11.C5H9NO3S/c1-10-22(31)13(28)6-17(38-10)39-15-8-27(36,16(30)9-29)7-12-19(15)26(35)21-20(24(12)33)23(32)11-4-3-5-14(37-2)18(11)25(21)34;1-3(7)6-4(2-10)5(8)9/h3-5,10,13,15,17,22,29,31,33,35-36H,6-9,28H2,1-2H3;4,10H,2H2,1H3,(H,6,7)(H,8,9)/t10-,13-,15-,17-,22+,27-;4-/m00/s1. The van der Waals surface area contributed by atoms with Crippen LogP contribution >= 0.6 is 12.6 Å². The van der Waals surface area contributed by atoms with E-state index in [-0.39, 0.29) is 46.1 Å². The SMILES string of the molecule is CC(=O)N[C@@H](CS)C(=O)O.COc1cccc2c1C(=O)c1c(O)c3c(c(O)c1C2=O)C[C@@](O)(C(=O)CO)C[C@@H]3O[C@H]1C[C@H](N)[C@H](O)[C@H](C)O1. The van der Waals surface area contributed by atoms with E-state index in [1.54, 1.807) is 6.92 Å². The van der Waals surface area contributed by atoms with Gasteiger partial charge in [-0.05, 0) is 13.0 Å². The highest BCUT2D eigenvalue weighted by molar-refractivity contribution is 7.80. The number of amides is 1. The summed E-state index contributed by atoms with van der Waals surface area (Å²) < 4.78 is 17.0. The largest absolute Gasteiger partial charge is 0.507 e. The highest BCUT2D eigenvalue weighted by Gasteiger charge is 2.50. The topological polar surface area (TPSA) is 272 Å². The van der Waals surface area contributed by atoms with Crippen molar-refractivity contribution in [1.29, 1.82) is 0 Å². The number of aliphatic carboxylic acids is 1. The first-order valence-corrected chi connectivity index (χ1v) is 15.7. The van der Waals surface area contributed by atoms with Crippen LogP contribution in [0.15, 0.2) is 18.2 Å². The van der Waals surface area contributed by atoms with Crippen molar-refractivity contribution in [3.05, 3.63) is 51.6 Å². The smallest absolute Gasteiger partial charge is 0.327 e. The van der Waals surface area contributed by atoms with Crippen LogP contribution in [0.1, 0.15) is 75.8 Å². The average Bonchev–Trinajstić information content (AvgIpc) is 3.05. The molecule has 0 bridgehead atoms. The maximum absolute atomic E-state index is 13.6. The Morgan fingerprint density at radius 3 is 2.33 bits per heavy atom. The number of phenols is 2. The number of hydrogen-bond acceptors (Lipinski definition) is 15. The molecule has 0 aromatic heterocycles. The number of Topliss-reactive ketones (excluding diaryl/α,β-unsaturated/α-hetero) is 1. The number of nitrogens with two attached hydrogens (primary N) is 1. The Morgan fingerprint density at radius 2 is 1.80 bits per heavy atom. The molecule has 1 aliphatic heterocycles. The van der Waals surface area contributed by atoms with Gasteiger partial charge in [-0.1, -0.05) is 12.1 Å². The number of fused-ring (bicyclic) bond motifs is 3. The second kappa shape index (κ2) is 14.8. The number of ether oxygens (including phenoxy) is 3. The third-order valence-corrected chi connectivity index (χ3v) is 9.03. The number of carbonyl (C=O) groups excluding carboxylic acids is 4. The van der Waals surface area contributed by atoms with Gasteiger partial charge >= 0.3 is 5.97 Å². The highest BCUT2D eigenvalue weighted by Crippen LogP contribution is 2.52. The molecule has 49 heavy (non-hydrogen) atoms. The fourth-order valence-corrected chi connectivity index (χ4v) is 6.43. The lowest BCUT2D eigenvalue weighted by molar-refractivity contribution is -0.247. The molecular formula is C32H38N2O14S. The number of ketones is 3. The quantitative estimate of drug-likeness (QED) is 0.106. The number of rotatable bonds is 8. The number of methoxy groups -OCH3 is 1. The second-order valence-electron chi connectivity index (χ2n) is 11.9. The molecule has 0 unspecified atom stereocenters. The van der Waals surface area contributed by atoms with E-state index in [2.05, 4.69) is 17.9 Å². The lowest BCUT2D eigenvalue weighted by atomic mass is 9.72. The van der Waals surface area contributed by atoms with Crippen LogP contribution in [0.25, 0.3) is 0 Å². The van der Waals surface area contributed by atoms with Crippen LogP contribution in [0.2, 0.25) is 0 Å². The van der Waals surface area contributed by atoms with Crippen LogP contribution in [0, 0.1) is 0 Å². The summed E-state index contributed by atoms with van der Waals surface area (Å²) in [6, 6.07) is 2.76. The van der Waals surface area contributed by atoms with Gasteiger partial charge in [0.25, 0.3) is 0 Å². The molecule has 1 saturated heterocycles. The van der Waals surface area contributed by atoms with Crippen molar-refractivity contribution in [2.24, 2.45) is 5.73 Å². The Labute approximate surface area is 285 Å². The fourth-order valence-electron chi connectivity index (χ4n) is 6.18. The lowest BCUT2D eigenvalue weighted by Gasteiger charge is -2.42. The third kappa shape index (κ3) is 7.14. The number of carbonyl (C=O) groups is 5. The van der Waals surface area contributed by atoms with E-state index in [0.717, 1.165) is 0 Å². The number of thiol groups is 1. The molecule has 1 amide bonds. The second-order valence-corrected chi connectivity index (χ2v) is 12.3. The highest BCUT2D eigenvalue weighted by atomic mass is 32.1. The van der Waals surface area contributed by atoms with E-state index >= 15 is 0 Å². The Balaban J connectivity index is 0.000000471. The molecule has 3 aliphatic rings. The number of carboxylic acid groups (broad SMARTS) is 1. The summed E-state index contributed by atoms with van der Waals surface area (Å²) in [7, 11) is 1.32. The zero-order valence-corrected chi connectivity index (χ0v) is 27.6. The van der Waals surface area contributed by atoms with E-state index in [9.17, 15) is 49.5 Å². The first-order valence-electron chi connectivity index (χ1n) is 15.1. The van der Waals surface area contributed by atoms with Crippen molar-refractivity contribution >= 4 is 41.9 Å². The summed E-state index contributed by atoms with van der Waals surface area (Å²) in [5.74, 6) is -5.09. The predicted molar refractivity (Wildman–Crippen MR) is 171 cm³/mol. The summed E-state index contributed by atoms with van der Waals surface area (Å²) in [6.07, 6.45) is -5.12. The molecule has 2 aromatic carbocycles. The van der Waals surface area contributed by atoms with Gasteiger partial charge in [0.1, 0.15) is 35.5 Å². The molecule has 0 radical (unpaired) electrons. The minimum Gasteiger partial charge on any atom is -0.507 e. The molecule has 7 atom stereocenters. The van der Waals surface area contributed by atoms with Crippen LogP contribution in [0.4, 0.5) is 0 Å². The number of benzene rings is 2. The molecule has 0 spiro atoms. The molecule has 5 rings (SSSR count). The van der Waals surface area contributed by atoms with Gasteiger partial charge in [-0.3, -0.25) is 19.2 Å². The van der Waals surface area contributed by atoms with Crippen LogP contribution in [0.3, 0.4) is 0 Å². The van der Waals surface area contributed by atoms with Gasteiger partial charge in [0, 0.05) is 54.7 Å². The lowest BCUT2D eigenvalue weighted by Crippen LogP contribution is -2.53. The van der Waals surface area contributed by atoms with E-state index in [4.69, 9.17) is 25.1 Å². The van der Waals surface area contributed by atoms with Crippen molar-refractivity contribution < 1.29 is 68.8 Å². The minimum absolute atomic E-state index is 0.0173. The number of hydrogen-bond donors (Lipinski definition) is 9. The first-order chi connectivity index (χ1) is 23.0. The Kier molecular flexibility index (Phi) is 11.4. The first kappa shape index (κ1) is 37.7. The van der Waals surface area contributed by atoms with Crippen molar-refractivity contribution in [3.63, 3.8) is 0 Å². The van der Waals surface area contributed by atoms with Crippen LogP contribution in [-0.4, -0.2) is 116 Å². The monoisotopic (exact) mass is 706 g/mol. The number of carboxylic acids is 1. The third-order valence-electron chi connectivity index (χ3n) is 8.66. The zero-order valence-electron chi connectivity index (χ0n) is 26.7. The maximum atomic E-state index is 13.6. The van der Waals surface area contributed by atoms with E-state index in [1.165, 1.54) is 32.2 Å². The molecule has 16 nitrogen and oxygen atoms in total. The van der Waals surface area contributed by atoms with Gasteiger partial charge in [0.05, 0.1) is 42.1 Å². The number of aliphatic hydroxyl groups excluding tert-OH is 2. The molecule has 2 aromatic rings. The zero-order chi connectivity index (χ0) is 36.5. The van der Waals surface area contributed by atoms with Gasteiger partial charge in [-0.25, -0.2) is 4.79 Å². The molecule has 266 valence electrons. The molecule has 1 fully saturated rings.